The van der Waals surface area contributed by atoms with Gasteiger partial charge in [0.25, 0.3) is 0 Å². The Bertz CT molecular complexity index is 2830. The second-order valence-corrected chi connectivity index (χ2v) is 16.4. The van der Waals surface area contributed by atoms with Gasteiger partial charge in [-0.05, 0) is 114 Å². The van der Waals surface area contributed by atoms with Crippen LogP contribution < -0.4 is 11.1 Å². The summed E-state index contributed by atoms with van der Waals surface area (Å²) in [6, 6.07) is 66.2. The Labute approximate surface area is 336 Å². The largest absolute Gasteiger partial charge is 0.312 e. The third kappa shape index (κ3) is 5.71. The number of fused-ring (bicyclic) bond motifs is 7. The fourth-order valence-electron chi connectivity index (χ4n) is 9.84. The molecule has 3 atom stereocenters. The van der Waals surface area contributed by atoms with Crippen molar-refractivity contribution < 1.29 is 0 Å². The average Bonchev–Trinajstić information content (AvgIpc) is 3.66. The van der Waals surface area contributed by atoms with E-state index in [9.17, 15) is 0 Å². The van der Waals surface area contributed by atoms with Gasteiger partial charge in [-0.3, -0.25) is 5.32 Å². The molecular weight excluding hydrogens is 689 g/mol. The van der Waals surface area contributed by atoms with E-state index in [2.05, 4.69) is 214 Å². The highest BCUT2D eigenvalue weighted by Crippen LogP contribution is 2.55. The lowest BCUT2D eigenvalue weighted by atomic mass is 9.74. The molecule has 276 valence electrons. The highest BCUT2D eigenvalue weighted by molar-refractivity contribution is 5.98. The monoisotopic (exact) mass is 734 g/mol. The van der Waals surface area contributed by atoms with Gasteiger partial charge in [-0.1, -0.05) is 190 Å². The van der Waals surface area contributed by atoms with Crippen molar-refractivity contribution in [1.29, 1.82) is 0 Å². The Kier molecular flexibility index (Phi) is 8.44. The predicted molar refractivity (Wildman–Crippen MR) is 239 cm³/mol. The summed E-state index contributed by atoms with van der Waals surface area (Å²) < 4.78 is 0. The molecule has 2 nitrogen and oxygen atoms in total. The number of hydrogen-bond acceptors (Lipinski definition) is 2. The van der Waals surface area contributed by atoms with Crippen LogP contribution in [-0.4, -0.2) is 0 Å². The molecule has 3 unspecified atom stereocenters. The predicted octanol–water partition coefficient (Wildman–Crippen LogP) is 13.1. The van der Waals surface area contributed by atoms with E-state index in [1.54, 1.807) is 0 Å². The number of hydrogen-bond donors (Lipinski definition) is 2. The van der Waals surface area contributed by atoms with Crippen LogP contribution in [0, 0.1) is 0 Å². The molecule has 8 aromatic carbocycles. The maximum atomic E-state index is 6.99. The number of nitrogens with two attached hydrogens (primary N) is 1. The summed E-state index contributed by atoms with van der Waals surface area (Å²) in [5.41, 5.74) is 24.4. The minimum Gasteiger partial charge on any atom is -0.312 e. The molecule has 3 N–H and O–H groups in total. The second kappa shape index (κ2) is 13.7. The van der Waals surface area contributed by atoms with Crippen LogP contribution in [0.4, 0.5) is 0 Å². The van der Waals surface area contributed by atoms with Gasteiger partial charge in [0.05, 0.1) is 12.2 Å². The van der Waals surface area contributed by atoms with Crippen molar-refractivity contribution >= 4 is 16.8 Å². The lowest BCUT2D eigenvalue weighted by Crippen LogP contribution is -2.32. The molecule has 10 rings (SSSR count). The lowest BCUT2D eigenvalue weighted by molar-refractivity contribution is 0.509. The highest BCUT2D eigenvalue weighted by Gasteiger charge is 2.42. The third-order valence-corrected chi connectivity index (χ3v) is 12.8. The third-order valence-electron chi connectivity index (χ3n) is 12.8. The van der Waals surface area contributed by atoms with Gasteiger partial charge in [-0.2, -0.15) is 0 Å². The number of rotatable bonds is 8. The molecule has 0 fully saturated rings. The Hall–Kier alpha value is -6.32. The van der Waals surface area contributed by atoms with E-state index in [-0.39, 0.29) is 23.0 Å². The summed E-state index contributed by atoms with van der Waals surface area (Å²) in [6.45, 7) is 7.10. The minimum absolute atomic E-state index is 0.0935. The fraction of sp³-hybridized carbons (Fsp3) is 0.127. The van der Waals surface area contributed by atoms with E-state index in [1.165, 1.54) is 77.5 Å². The summed E-state index contributed by atoms with van der Waals surface area (Å²) in [6.07, 6.45) is 4.20. The highest BCUT2D eigenvalue weighted by atomic mass is 15.0. The van der Waals surface area contributed by atoms with Gasteiger partial charge in [-0.25, -0.2) is 0 Å². The zero-order chi connectivity index (χ0) is 38.7. The van der Waals surface area contributed by atoms with Crippen molar-refractivity contribution in [1.82, 2.24) is 5.32 Å². The van der Waals surface area contributed by atoms with E-state index in [1.807, 2.05) is 6.07 Å². The van der Waals surface area contributed by atoms with Crippen LogP contribution in [0.25, 0.3) is 50.2 Å². The van der Waals surface area contributed by atoms with E-state index < -0.39 is 0 Å². The van der Waals surface area contributed by atoms with Gasteiger partial charge in [0, 0.05) is 10.8 Å². The van der Waals surface area contributed by atoms with Crippen LogP contribution in [0.15, 0.2) is 188 Å². The first-order valence-electron chi connectivity index (χ1n) is 20.1. The Morgan fingerprint density at radius 2 is 1.14 bits per heavy atom. The zero-order valence-corrected chi connectivity index (χ0v) is 32.7. The molecule has 0 amide bonds. The molecule has 2 aliphatic carbocycles. The van der Waals surface area contributed by atoms with Crippen molar-refractivity contribution in [3.8, 4) is 33.4 Å². The molecule has 57 heavy (non-hydrogen) atoms. The topological polar surface area (TPSA) is 38.0 Å². The van der Waals surface area contributed by atoms with E-state index in [4.69, 9.17) is 5.73 Å². The van der Waals surface area contributed by atoms with Crippen LogP contribution in [0.2, 0.25) is 0 Å². The molecule has 0 aliphatic heterocycles. The first-order valence-corrected chi connectivity index (χ1v) is 20.1. The molecular formula is C55H46N2. The van der Waals surface area contributed by atoms with Crippen LogP contribution in [0.1, 0.15) is 77.5 Å². The molecule has 2 aliphatic rings. The van der Waals surface area contributed by atoms with E-state index in [0.717, 1.165) is 11.1 Å². The molecule has 0 heterocycles. The van der Waals surface area contributed by atoms with E-state index in [0.29, 0.717) is 0 Å². The molecule has 0 spiro atoms. The summed E-state index contributed by atoms with van der Waals surface area (Å²) in [7, 11) is 0. The fourth-order valence-corrected chi connectivity index (χ4v) is 9.84. The van der Waals surface area contributed by atoms with E-state index >= 15 is 0 Å². The van der Waals surface area contributed by atoms with Crippen molar-refractivity contribution in [2.75, 3.05) is 0 Å². The van der Waals surface area contributed by atoms with Gasteiger partial charge in [0.2, 0.25) is 0 Å². The number of nitrogens with one attached hydrogen (secondary N) is 1. The van der Waals surface area contributed by atoms with Gasteiger partial charge >= 0.3 is 0 Å². The SMILES string of the molecule is CC1(C)c2cc3ccccc3cc2-c2c(-c3cccc(/C=C/C(NC(N)c4ccccc4)c4cccc5c4-c4ccccc4C5(C)c4ccccc4)c3)cccc21. The molecule has 2 heteroatoms. The maximum Gasteiger partial charge on any atom is 0.0817 e. The van der Waals surface area contributed by atoms with Crippen molar-refractivity contribution in [3.63, 3.8) is 0 Å². The summed E-state index contributed by atoms with van der Waals surface area (Å²) in [5.74, 6) is 0. The first-order chi connectivity index (χ1) is 27.8. The van der Waals surface area contributed by atoms with Crippen molar-refractivity contribution in [3.05, 3.63) is 233 Å². The van der Waals surface area contributed by atoms with Gasteiger partial charge in [0.1, 0.15) is 0 Å². The summed E-state index contributed by atoms with van der Waals surface area (Å²) in [4.78, 5) is 0. The van der Waals surface area contributed by atoms with Crippen LogP contribution >= 0.6 is 0 Å². The van der Waals surface area contributed by atoms with Crippen molar-refractivity contribution in [2.45, 2.75) is 43.8 Å². The normalized spacial score (nSPS) is 17.2. The molecule has 0 saturated carbocycles. The molecule has 8 aromatic rings. The van der Waals surface area contributed by atoms with Crippen LogP contribution in [-0.2, 0) is 10.8 Å². The van der Waals surface area contributed by atoms with Gasteiger partial charge in [-0.15, -0.1) is 0 Å². The maximum absolute atomic E-state index is 6.99. The zero-order valence-electron chi connectivity index (χ0n) is 32.7. The average molecular weight is 735 g/mol. The first kappa shape index (κ1) is 35.1. The van der Waals surface area contributed by atoms with Crippen molar-refractivity contribution in [2.24, 2.45) is 5.73 Å². The molecule has 0 saturated heterocycles. The smallest absolute Gasteiger partial charge is 0.0817 e. The van der Waals surface area contributed by atoms with Crippen LogP contribution in [0.5, 0.6) is 0 Å². The molecule has 0 bridgehead atoms. The molecule has 0 radical (unpaired) electrons. The quantitative estimate of drug-likeness (QED) is 0.153. The number of benzene rings is 8. The lowest BCUT2D eigenvalue weighted by Gasteiger charge is -2.29. The standard InChI is InChI=1S/C55H46N2/c1-54(2)47-29-15-26-42(51(47)45-34-38-20-10-11-21-39(38)35-49(45)54)40-22-14-17-36(33-40)31-32-50(57-53(56)37-18-6-4-7-19-37)44-27-16-30-48-52(44)43-25-12-13-28-46(43)55(48,3)41-23-8-5-9-24-41/h4-35,50,53,57H,56H2,1-3H3/b32-31+. The van der Waals surface area contributed by atoms with Gasteiger partial charge < -0.3 is 5.73 Å². The summed E-state index contributed by atoms with van der Waals surface area (Å²) >= 11 is 0. The molecule has 0 aromatic heterocycles. The Balaban J connectivity index is 1.08. The minimum atomic E-state index is -0.369. The Morgan fingerprint density at radius 1 is 0.509 bits per heavy atom. The summed E-state index contributed by atoms with van der Waals surface area (Å²) in [5, 5.41) is 6.42. The Morgan fingerprint density at radius 3 is 1.95 bits per heavy atom. The van der Waals surface area contributed by atoms with Gasteiger partial charge in [0.15, 0.2) is 0 Å². The second-order valence-electron chi connectivity index (χ2n) is 16.4. The van der Waals surface area contributed by atoms with Crippen LogP contribution in [0.3, 0.4) is 0 Å².